The van der Waals surface area contributed by atoms with Crippen LogP contribution in [0.5, 0.6) is 0 Å². The van der Waals surface area contributed by atoms with Crippen molar-refractivity contribution in [3.05, 3.63) is 54.1 Å². The predicted octanol–water partition coefficient (Wildman–Crippen LogP) is 3.19. The molecule has 0 spiro atoms. The van der Waals surface area contributed by atoms with E-state index in [-0.39, 0.29) is 16.6 Å². The largest absolute Gasteiger partial charge is 0.356 e. The van der Waals surface area contributed by atoms with Crippen molar-refractivity contribution in [1.29, 1.82) is 0 Å². The molecule has 3 aromatic rings. The zero-order chi connectivity index (χ0) is 23.3. The van der Waals surface area contributed by atoms with Crippen molar-refractivity contribution in [3.63, 3.8) is 0 Å². The van der Waals surface area contributed by atoms with E-state index in [4.69, 9.17) is 0 Å². The van der Waals surface area contributed by atoms with Gasteiger partial charge in [0.15, 0.2) is 0 Å². The maximum absolute atomic E-state index is 12.9. The zero-order valence-corrected chi connectivity index (χ0v) is 20.0. The molecule has 1 aromatic heterocycles. The molecule has 0 saturated carbocycles. The third-order valence-corrected chi connectivity index (χ3v) is 7.93. The molecule has 0 bridgehead atoms. The number of hydrogen-bond acceptors (Lipinski definition) is 5. The summed E-state index contributed by atoms with van der Waals surface area (Å²) in [4.78, 5) is 17.9. The van der Waals surface area contributed by atoms with E-state index in [0.29, 0.717) is 24.9 Å². The lowest BCUT2D eigenvalue weighted by Crippen LogP contribution is -2.25. The maximum atomic E-state index is 12.9. The Morgan fingerprint density at radius 3 is 2.59 bits per heavy atom. The van der Waals surface area contributed by atoms with Crippen molar-refractivity contribution in [1.82, 2.24) is 19.2 Å². The summed E-state index contributed by atoms with van der Waals surface area (Å²) in [7, 11) is 1.30. The van der Waals surface area contributed by atoms with E-state index in [1.807, 2.05) is 11.6 Å². The average Bonchev–Trinajstić information content (AvgIpc) is 3.08. The Balaban J connectivity index is 1.49. The molecular weight excluding hydrogens is 451 g/mol. The Morgan fingerprint density at radius 1 is 1.19 bits per heavy atom. The molecule has 0 aliphatic rings. The summed E-state index contributed by atoms with van der Waals surface area (Å²) in [5.41, 5.74) is 1.40. The summed E-state index contributed by atoms with van der Waals surface area (Å²) in [5, 5.41) is 2.91. The van der Waals surface area contributed by atoms with Crippen LogP contribution in [0.2, 0.25) is 0 Å². The first-order valence-corrected chi connectivity index (χ1v) is 12.6. The van der Waals surface area contributed by atoms with E-state index >= 15 is 0 Å². The summed E-state index contributed by atoms with van der Waals surface area (Å²) in [6, 6.07) is 11.2. The molecule has 0 radical (unpaired) electrons. The minimum Gasteiger partial charge on any atom is -0.356 e. The average molecular weight is 479 g/mol. The second-order valence-electron chi connectivity index (χ2n) is 7.53. The fourth-order valence-corrected chi connectivity index (χ4v) is 4.93. The Bertz CT molecular complexity index is 1190. The van der Waals surface area contributed by atoms with Gasteiger partial charge >= 0.3 is 0 Å². The number of halogens is 1. The predicted molar refractivity (Wildman–Crippen MR) is 125 cm³/mol. The van der Waals surface area contributed by atoms with Gasteiger partial charge in [0, 0.05) is 45.4 Å². The van der Waals surface area contributed by atoms with Gasteiger partial charge in [-0.1, -0.05) is 0 Å². The first-order valence-electron chi connectivity index (χ1n) is 10.2. The number of hydrogen-bond donors (Lipinski definition) is 1. The number of carbonyl (C=O) groups is 1. The monoisotopic (exact) mass is 478 g/mol. The third kappa shape index (κ3) is 5.87. The van der Waals surface area contributed by atoms with Gasteiger partial charge in [0.1, 0.15) is 11.6 Å². The molecule has 0 aliphatic carbocycles. The number of fused-ring (bicyclic) bond motifs is 1. The highest BCUT2D eigenvalue weighted by Crippen LogP contribution is 2.22. The lowest BCUT2D eigenvalue weighted by atomic mass is 10.3. The van der Waals surface area contributed by atoms with Gasteiger partial charge in [-0.05, 0) is 54.6 Å². The highest BCUT2D eigenvalue weighted by molar-refractivity contribution is 7.99. The molecule has 7 nitrogen and oxygen atoms in total. The van der Waals surface area contributed by atoms with Crippen molar-refractivity contribution in [2.45, 2.75) is 29.1 Å². The molecule has 0 aliphatic heterocycles. The molecule has 1 amide bonds. The normalized spacial score (nSPS) is 11.9. The van der Waals surface area contributed by atoms with Crippen molar-refractivity contribution < 1.29 is 17.6 Å². The van der Waals surface area contributed by atoms with Crippen LogP contribution in [-0.2, 0) is 28.3 Å². The van der Waals surface area contributed by atoms with Gasteiger partial charge < -0.3 is 9.88 Å². The summed E-state index contributed by atoms with van der Waals surface area (Å²) in [6.07, 6.45) is 1.56. The van der Waals surface area contributed by atoms with E-state index < -0.39 is 10.0 Å². The molecule has 1 N–H and O–H groups in total. The lowest BCUT2D eigenvalue weighted by molar-refractivity contribution is -0.121. The third-order valence-electron chi connectivity index (χ3n) is 5.02. The summed E-state index contributed by atoms with van der Waals surface area (Å²) < 4.78 is 40.6. The van der Waals surface area contributed by atoms with Gasteiger partial charge in [0.25, 0.3) is 0 Å². The van der Waals surface area contributed by atoms with E-state index in [9.17, 15) is 17.6 Å². The number of aryl methyl sites for hydroxylation is 2. The van der Waals surface area contributed by atoms with Crippen LogP contribution in [0.3, 0.4) is 0 Å². The number of carbonyl (C=O) groups excluding carboxylic acids is 1. The fraction of sp³-hybridized carbons (Fsp3) is 0.364. The second-order valence-corrected chi connectivity index (χ2v) is 10.9. The van der Waals surface area contributed by atoms with Crippen LogP contribution in [-0.4, -0.2) is 54.6 Å². The van der Waals surface area contributed by atoms with Crippen molar-refractivity contribution >= 4 is 38.7 Å². The Morgan fingerprint density at radius 2 is 1.91 bits per heavy atom. The molecule has 0 saturated heterocycles. The van der Waals surface area contributed by atoms with Crippen LogP contribution < -0.4 is 5.32 Å². The van der Waals surface area contributed by atoms with Gasteiger partial charge in [-0.3, -0.25) is 4.79 Å². The first-order chi connectivity index (χ1) is 15.2. The number of amides is 1. The molecule has 2 aromatic carbocycles. The Kier molecular flexibility index (Phi) is 7.91. The van der Waals surface area contributed by atoms with Gasteiger partial charge in [-0.2, -0.15) is 0 Å². The summed E-state index contributed by atoms with van der Waals surface area (Å²) >= 11 is 1.62. The van der Waals surface area contributed by atoms with Crippen LogP contribution in [0.4, 0.5) is 4.39 Å². The Hall–Kier alpha value is -2.43. The van der Waals surface area contributed by atoms with Crippen LogP contribution in [0, 0.1) is 5.82 Å². The van der Waals surface area contributed by atoms with Crippen LogP contribution in [0.15, 0.2) is 52.3 Å². The minimum atomic E-state index is -3.53. The number of rotatable bonds is 10. The Labute approximate surface area is 192 Å². The zero-order valence-electron chi connectivity index (χ0n) is 18.3. The van der Waals surface area contributed by atoms with Crippen molar-refractivity contribution in [2.75, 3.05) is 26.4 Å². The quantitative estimate of drug-likeness (QED) is 0.357. The van der Waals surface area contributed by atoms with Crippen LogP contribution >= 0.6 is 11.8 Å². The van der Waals surface area contributed by atoms with Crippen LogP contribution in [0.1, 0.15) is 18.7 Å². The van der Waals surface area contributed by atoms with Gasteiger partial charge in [-0.15, -0.1) is 11.8 Å². The molecule has 0 atom stereocenters. The smallest absolute Gasteiger partial charge is 0.242 e. The van der Waals surface area contributed by atoms with E-state index in [1.54, 1.807) is 42.1 Å². The van der Waals surface area contributed by atoms with E-state index in [1.165, 1.54) is 30.5 Å². The van der Waals surface area contributed by atoms with E-state index in [2.05, 4.69) is 10.3 Å². The molecule has 32 heavy (non-hydrogen) atoms. The van der Waals surface area contributed by atoms with Gasteiger partial charge in [-0.25, -0.2) is 22.1 Å². The summed E-state index contributed by atoms with van der Waals surface area (Å²) in [5.74, 6) is 1.25. The lowest BCUT2D eigenvalue weighted by Gasteiger charge is -2.10. The second kappa shape index (κ2) is 10.5. The molecule has 172 valence electrons. The molecule has 0 fully saturated rings. The number of benzene rings is 2. The number of imidazole rings is 1. The highest BCUT2D eigenvalue weighted by atomic mass is 32.2. The minimum absolute atomic E-state index is 0.0558. The standard InChI is InChI=1S/C22H27FN4O3S2/c1-26(2)32(29,30)18-9-10-20-19(15-18)25-21(27(20)3)11-12-22(28)24-13-4-14-31-17-7-5-16(23)6-8-17/h5-10,15H,4,11-14H2,1-3H3,(H,24,28). The van der Waals surface area contributed by atoms with Crippen molar-refractivity contribution in [2.24, 2.45) is 7.05 Å². The molecule has 10 heteroatoms. The van der Waals surface area contributed by atoms with Gasteiger partial charge in [0.05, 0.1) is 15.9 Å². The topological polar surface area (TPSA) is 84.3 Å². The first kappa shape index (κ1) is 24.2. The number of nitrogens with zero attached hydrogens (tertiary/aromatic N) is 3. The number of thioether (sulfide) groups is 1. The van der Waals surface area contributed by atoms with Crippen LogP contribution in [0.25, 0.3) is 11.0 Å². The fourth-order valence-electron chi connectivity index (χ4n) is 3.16. The molecule has 1 heterocycles. The molecule has 3 rings (SSSR count). The SMILES string of the molecule is CN(C)S(=O)(=O)c1ccc2c(c1)nc(CCC(=O)NCCCSc1ccc(F)cc1)n2C. The number of sulfonamides is 1. The highest BCUT2D eigenvalue weighted by Gasteiger charge is 2.19. The van der Waals surface area contributed by atoms with Gasteiger partial charge in [0.2, 0.25) is 15.9 Å². The number of aromatic nitrogens is 2. The number of nitrogens with one attached hydrogen (secondary N) is 1. The maximum Gasteiger partial charge on any atom is 0.242 e. The molecule has 0 unspecified atom stereocenters. The summed E-state index contributed by atoms with van der Waals surface area (Å²) in [6.45, 7) is 0.571. The van der Waals surface area contributed by atoms with E-state index in [0.717, 1.165) is 28.4 Å². The molecular formula is C22H27FN4O3S2. The van der Waals surface area contributed by atoms with Crippen molar-refractivity contribution in [3.8, 4) is 0 Å².